The molecule has 0 spiro atoms. The Balaban J connectivity index is 1.84. The van der Waals surface area contributed by atoms with Crippen molar-refractivity contribution in [1.82, 2.24) is 10.9 Å². The predicted molar refractivity (Wildman–Crippen MR) is 114 cm³/mol. The molecular formula is C21H34N2O4S. The van der Waals surface area contributed by atoms with Gasteiger partial charge >= 0.3 is 0 Å². The molecular weight excluding hydrogens is 376 g/mol. The first-order valence-corrected chi connectivity index (χ1v) is 11.5. The first-order chi connectivity index (χ1) is 13.6. The smallest absolute Gasteiger partial charge is 0.239 e. The summed E-state index contributed by atoms with van der Waals surface area (Å²) in [5, 5.41) is 9.21. The Morgan fingerprint density at radius 1 is 0.857 bits per heavy atom. The van der Waals surface area contributed by atoms with Crippen LogP contribution < -0.4 is 15.6 Å². The van der Waals surface area contributed by atoms with Gasteiger partial charge < -0.3 is 9.84 Å². The molecule has 1 aromatic carbocycles. The van der Waals surface area contributed by atoms with Gasteiger partial charge in [0, 0.05) is 18.6 Å². The molecule has 0 unspecified atom stereocenters. The van der Waals surface area contributed by atoms with Crippen LogP contribution in [0.4, 0.5) is 0 Å². The summed E-state index contributed by atoms with van der Waals surface area (Å²) < 4.78 is 5.62. The summed E-state index contributed by atoms with van der Waals surface area (Å²) in [5.41, 5.74) is 4.91. The molecule has 0 radical (unpaired) electrons. The van der Waals surface area contributed by atoms with E-state index in [0.717, 1.165) is 43.6 Å². The number of ether oxygens (including phenoxy) is 1. The molecule has 0 heterocycles. The van der Waals surface area contributed by atoms with Gasteiger partial charge in [0.1, 0.15) is 11.5 Å². The van der Waals surface area contributed by atoms with Crippen LogP contribution in [0.15, 0.2) is 24.3 Å². The number of unbranched alkanes of at least 4 members (excludes halogenated alkanes) is 7. The number of hydrogen-bond acceptors (Lipinski definition) is 5. The second-order valence-electron chi connectivity index (χ2n) is 6.76. The molecule has 0 aromatic heterocycles. The number of thioether (sulfide) groups is 1. The van der Waals surface area contributed by atoms with Gasteiger partial charge in [-0.2, -0.15) is 11.8 Å². The largest absolute Gasteiger partial charge is 0.508 e. The van der Waals surface area contributed by atoms with Gasteiger partial charge in [-0.05, 0) is 43.4 Å². The predicted octanol–water partition coefficient (Wildman–Crippen LogP) is 4.18. The SMILES string of the molecule is CSCCC(=O)NNC(=O)CCCCCCCCCCOc1ccc(O)cc1. The summed E-state index contributed by atoms with van der Waals surface area (Å²) in [5.74, 6) is 1.54. The van der Waals surface area contributed by atoms with Crippen LogP contribution in [0.2, 0.25) is 0 Å². The Bertz CT molecular complexity index is 552. The summed E-state index contributed by atoms with van der Waals surface area (Å²) >= 11 is 1.60. The standard InChI is InChI=1S/C21H34N2O4S/c1-28-17-15-21(26)23-22-20(25)10-8-6-4-2-3-5-7-9-16-27-19-13-11-18(24)12-14-19/h11-14,24H,2-10,15-17H2,1H3,(H,22,25)(H,23,26). The van der Waals surface area contributed by atoms with Crippen molar-refractivity contribution >= 4 is 23.6 Å². The van der Waals surface area contributed by atoms with Crippen molar-refractivity contribution in [2.45, 2.75) is 64.2 Å². The topological polar surface area (TPSA) is 87.7 Å². The fraction of sp³-hybridized carbons (Fsp3) is 0.619. The number of amides is 2. The number of phenols is 1. The molecule has 1 rings (SSSR count). The van der Waals surface area contributed by atoms with E-state index < -0.39 is 0 Å². The van der Waals surface area contributed by atoms with Crippen LogP contribution in [0, 0.1) is 0 Å². The number of aromatic hydroxyl groups is 1. The molecule has 28 heavy (non-hydrogen) atoms. The Kier molecular flexibility index (Phi) is 13.9. The lowest BCUT2D eigenvalue weighted by atomic mass is 10.1. The quantitative estimate of drug-likeness (QED) is 0.298. The maximum Gasteiger partial charge on any atom is 0.239 e. The van der Waals surface area contributed by atoms with Gasteiger partial charge in [-0.3, -0.25) is 20.4 Å². The lowest BCUT2D eigenvalue weighted by Gasteiger charge is -2.07. The second kappa shape index (κ2) is 16.1. The maximum atomic E-state index is 11.6. The highest BCUT2D eigenvalue weighted by Gasteiger charge is 2.04. The molecule has 0 aliphatic carbocycles. The highest BCUT2D eigenvalue weighted by molar-refractivity contribution is 7.98. The molecule has 0 bridgehead atoms. The van der Waals surface area contributed by atoms with Gasteiger partial charge in [-0.15, -0.1) is 0 Å². The molecule has 2 amide bonds. The number of rotatable bonds is 15. The molecule has 0 aliphatic heterocycles. The molecule has 0 saturated heterocycles. The minimum absolute atomic E-state index is 0.119. The first kappa shape index (κ1) is 24.1. The molecule has 0 aliphatic rings. The van der Waals surface area contributed by atoms with Gasteiger partial charge in [0.15, 0.2) is 0 Å². The number of benzene rings is 1. The molecule has 0 atom stereocenters. The van der Waals surface area contributed by atoms with Gasteiger partial charge in [0.25, 0.3) is 0 Å². The van der Waals surface area contributed by atoms with Crippen LogP contribution in [0.5, 0.6) is 11.5 Å². The Morgan fingerprint density at radius 3 is 2.00 bits per heavy atom. The number of hydrazine groups is 1. The summed E-state index contributed by atoms with van der Waals surface area (Å²) in [6, 6.07) is 6.80. The fourth-order valence-electron chi connectivity index (χ4n) is 2.64. The zero-order valence-corrected chi connectivity index (χ0v) is 17.7. The molecule has 0 saturated carbocycles. The van der Waals surface area contributed by atoms with Crippen LogP contribution in [0.3, 0.4) is 0 Å². The maximum absolute atomic E-state index is 11.6. The Morgan fingerprint density at radius 2 is 1.39 bits per heavy atom. The Hall–Kier alpha value is -1.89. The molecule has 6 nitrogen and oxygen atoms in total. The minimum atomic E-state index is -0.142. The fourth-order valence-corrected chi connectivity index (χ4v) is 3.03. The van der Waals surface area contributed by atoms with Gasteiger partial charge in [0.2, 0.25) is 11.8 Å². The van der Waals surface area contributed by atoms with Gasteiger partial charge in [-0.1, -0.05) is 38.5 Å². The van der Waals surface area contributed by atoms with Crippen LogP contribution >= 0.6 is 11.8 Å². The van der Waals surface area contributed by atoms with E-state index in [1.807, 2.05) is 6.26 Å². The third kappa shape index (κ3) is 13.3. The summed E-state index contributed by atoms with van der Waals surface area (Å²) in [6.45, 7) is 0.702. The summed E-state index contributed by atoms with van der Waals surface area (Å²) in [6.07, 6.45) is 11.6. The number of carbonyl (C=O) groups is 2. The van der Waals surface area contributed by atoms with E-state index in [-0.39, 0.29) is 17.6 Å². The van der Waals surface area contributed by atoms with Crippen molar-refractivity contribution in [1.29, 1.82) is 0 Å². The summed E-state index contributed by atoms with van der Waals surface area (Å²) in [4.78, 5) is 23.0. The van der Waals surface area contributed by atoms with Crippen molar-refractivity contribution in [3.63, 3.8) is 0 Å². The molecule has 158 valence electrons. The molecule has 0 fully saturated rings. The molecule has 7 heteroatoms. The summed E-state index contributed by atoms with van der Waals surface area (Å²) in [7, 11) is 0. The van der Waals surface area contributed by atoms with Crippen molar-refractivity contribution in [2.24, 2.45) is 0 Å². The lowest BCUT2D eigenvalue weighted by molar-refractivity contribution is -0.128. The number of nitrogens with one attached hydrogen (secondary N) is 2. The second-order valence-corrected chi connectivity index (χ2v) is 7.75. The highest BCUT2D eigenvalue weighted by Crippen LogP contribution is 2.16. The van der Waals surface area contributed by atoms with E-state index in [1.165, 1.54) is 19.3 Å². The molecule has 3 N–H and O–H groups in total. The Labute approximate surface area is 172 Å². The normalized spacial score (nSPS) is 10.5. The van der Waals surface area contributed by atoms with Crippen molar-refractivity contribution in [3.05, 3.63) is 24.3 Å². The molecule has 1 aromatic rings. The lowest BCUT2D eigenvalue weighted by Crippen LogP contribution is -2.41. The minimum Gasteiger partial charge on any atom is -0.508 e. The van der Waals surface area contributed by atoms with Crippen molar-refractivity contribution in [3.8, 4) is 11.5 Å². The van der Waals surface area contributed by atoms with Gasteiger partial charge in [-0.25, -0.2) is 0 Å². The zero-order chi connectivity index (χ0) is 20.5. The average molecular weight is 411 g/mol. The van der Waals surface area contributed by atoms with Crippen LogP contribution in [-0.2, 0) is 9.59 Å². The average Bonchev–Trinajstić information content (AvgIpc) is 2.70. The van der Waals surface area contributed by atoms with E-state index in [4.69, 9.17) is 4.74 Å². The number of phenolic OH excluding ortho intramolecular Hbond substituents is 1. The van der Waals surface area contributed by atoms with E-state index in [9.17, 15) is 14.7 Å². The van der Waals surface area contributed by atoms with Crippen LogP contribution in [0.25, 0.3) is 0 Å². The van der Waals surface area contributed by atoms with E-state index in [2.05, 4.69) is 10.9 Å². The number of hydrogen-bond donors (Lipinski definition) is 3. The van der Waals surface area contributed by atoms with Crippen molar-refractivity contribution < 1.29 is 19.4 Å². The van der Waals surface area contributed by atoms with E-state index in [1.54, 1.807) is 36.0 Å². The van der Waals surface area contributed by atoms with Gasteiger partial charge in [0.05, 0.1) is 6.61 Å². The van der Waals surface area contributed by atoms with Crippen LogP contribution in [-0.4, -0.2) is 35.5 Å². The third-order valence-electron chi connectivity index (χ3n) is 4.28. The van der Waals surface area contributed by atoms with E-state index in [0.29, 0.717) is 19.4 Å². The first-order valence-electron chi connectivity index (χ1n) is 10.1. The third-order valence-corrected chi connectivity index (χ3v) is 4.89. The van der Waals surface area contributed by atoms with E-state index >= 15 is 0 Å². The number of carbonyl (C=O) groups excluding carboxylic acids is 2. The zero-order valence-electron chi connectivity index (χ0n) is 16.9. The van der Waals surface area contributed by atoms with Crippen molar-refractivity contribution in [2.75, 3.05) is 18.6 Å². The highest BCUT2D eigenvalue weighted by atomic mass is 32.2. The monoisotopic (exact) mass is 410 g/mol. The van der Waals surface area contributed by atoms with Crippen LogP contribution in [0.1, 0.15) is 64.2 Å².